The number of nitrogens with zero attached hydrogens (tertiary/aromatic N) is 3. The third kappa shape index (κ3) is 15.4. The van der Waals surface area contributed by atoms with Crippen molar-refractivity contribution in [2.24, 2.45) is 0 Å². The van der Waals surface area contributed by atoms with E-state index in [1.54, 1.807) is 10.4 Å². The first kappa shape index (κ1) is 81.3. The fraction of sp³-hybridized carbons (Fsp3) is 0.259. The minimum Gasteiger partial charge on any atom is -0.355 e. The lowest BCUT2D eigenvalue weighted by Gasteiger charge is -2.34. The Labute approximate surface area is 697 Å². The second kappa shape index (κ2) is 33.1. The fourth-order valence-corrected chi connectivity index (χ4v) is 27.0. The van der Waals surface area contributed by atoms with Gasteiger partial charge in [-0.15, -0.1) is 0 Å². The van der Waals surface area contributed by atoms with Crippen molar-refractivity contribution in [2.75, 3.05) is 20.0 Å². The Bertz CT molecular complexity index is 6060. The van der Waals surface area contributed by atoms with Crippen molar-refractivity contribution in [2.45, 2.75) is 186 Å². The van der Waals surface area contributed by atoms with Crippen LogP contribution in [0.1, 0.15) is 139 Å². The van der Waals surface area contributed by atoms with Gasteiger partial charge in [0.2, 0.25) is 0 Å². The number of hydrogen-bond acceptors (Lipinski definition) is 4. The zero-order chi connectivity index (χ0) is 81.6. The van der Waals surface area contributed by atoms with Crippen molar-refractivity contribution in [1.29, 1.82) is 0 Å². The number of rotatable bonds is 19. The van der Waals surface area contributed by atoms with E-state index in [9.17, 15) is 0 Å². The molecular formula is C108H117BrN4Si2. The molecule has 0 bridgehead atoms. The Morgan fingerprint density at radius 2 is 0.539 bits per heavy atom. The molecule has 1 N–H and O–H groups in total. The molecule has 0 heterocycles. The molecule has 0 fully saturated rings. The van der Waals surface area contributed by atoms with Gasteiger partial charge < -0.3 is 20.0 Å². The average Bonchev–Trinajstić information content (AvgIpc) is 0.719. The van der Waals surface area contributed by atoms with Crippen LogP contribution in [0.3, 0.4) is 0 Å². The molecule has 16 aromatic rings. The highest BCUT2D eigenvalue weighted by Gasteiger charge is 2.34. The van der Waals surface area contributed by atoms with Crippen LogP contribution in [-0.2, 0) is 10.8 Å². The Morgan fingerprint density at radius 3 is 0.835 bits per heavy atom. The van der Waals surface area contributed by atoms with Crippen LogP contribution in [0.15, 0.2) is 271 Å². The van der Waals surface area contributed by atoms with Crippen molar-refractivity contribution in [3.8, 4) is 0 Å². The third-order valence-electron chi connectivity index (χ3n) is 25.7. The summed E-state index contributed by atoms with van der Waals surface area (Å²) in [5.41, 5.74) is 26.8. The summed E-state index contributed by atoms with van der Waals surface area (Å²) in [7, 11) is -2.86. The van der Waals surface area contributed by atoms with Gasteiger partial charge in [-0.3, -0.25) is 0 Å². The smallest absolute Gasteiger partial charge is 0.0859 e. The van der Waals surface area contributed by atoms with Gasteiger partial charge in [-0.25, -0.2) is 0 Å². The Morgan fingerprint density at radius 1 is 0.287 bits per heavy atom. The van der Waals surface area contributed by atoms with Crippen LogP contribution < -0.4 is 30.4 Å². The molecule has 0 aliphatic rings. The van der Waals surface area contributed by atoms with Crippen LogP contribution in [0.4, 0.5) is 62.6 Å². The highest BCUT2D eigenvalue weighted by atomic mass is 79.9. The lowest BCUT2D eigenvalue weighted by Crippen LogP contribution is -2.46. The van der Waals surface area contributed by atoms with Gasteiger partial charge in [-0.1, -0.05) is 340 Å². The van der Waals surface area contributed by atoms with E-state index < -0.39 is 16.1 Å². The average molecular weight is 1610 g/mol. The summed E-state index contributed by atoms with van der Waals surface area (Å²) in [6.45, 7) is 46.3. The number of aryl methyl sites for hydroxylation is 8. The normalized spacial score (nSPS) is 12.1. The first-order valence-corrected chi connectivity index (χ1v) is 48.1. The molecule has 0 atom stereocenters. The number of anilines is 11. The highest BCUT2D eigenvalue weighted by molar-refractivity contribution is 9.10. The number of benzene rings is 16. The summed E-state index contributed by atoms with van der Waals surface area (Å²) in [4.78, 5) is 7.49. The number of para-hydroxylation sites is 4. The van der Waals surface area contributed by atoms with E-state index in [1.807, 2.05) is 0 Å². The Balaban J connectivity index is 0.000000160. The molecule has 0 aliphatic heterocycles. The number of nitrogens with one attached hydrogen (secondary N) is 1. The van der Waals surface area contributed by atoms with Gasteiger partial charge >= 0.3 is 0 Å². The Kier molecular flexibility index (Phi) is 23.4. The van der Waals surface area contributed by atoms with E-state index in [0.29, 0.717) is 0 Å². The van der Waals surface area contributed by atoms with Gasteiger partial charge in [-0.05, 0) is 243 Å². The first-order chi connectivity index (χ1) is 55.2. The molecule has 584 valence electrons. The predicted molar refractivity (Wildman–Crippen MR) is 517 cm³/mol. The summed E-state index contributed by atoms with van der Waals surface area (Å²) in [6, 6.07) is 107. The van der Waals surface area contributed by atoms with E-state index in [4.69, 9.17) is 0 Å². The summed E-state index contributed by atoms with van der Waals surface area (Å²) in [5, 5.41) is 22.2. The number of hydrogen-bond donors (Lipinski definition) is 1. The molecule has 0 aromatic heterocycles. The van der Waals surface area contributed by atoms with Gasteiger partial charge in [0.05, 0.1) is 50.3 Å². The van der Waals surface area contributed by atoms with E-state index in [0.717, 1.165) is 15.8 Å². The van der Waals surface area contributed by atoms with Crippen molar-refractivity contribution in [3.63, 3.8) is 0 Å². The van der Waals surface area contributed by atoms with Crippen molar-refractivity contribution in [3.05, 3.63) is 327 Å². The topological polar surface area (TPSA) is 21.8 Å². The lowest BCUT2D eigenvalue weighted by molar-refractivity contribution is 0.589. The number of halogens is 1. The van der Waals surface area contributed by atoms with Crippen molar-refractivity contribution >= 4 is 170 Å². The van der Waals surface area contributed by atoms with Gasteiger partial charge in [0.25, 0.3) is 0 Å². The second-order valence-electron chi connectivity index (χ2n) is 34.7. The minimum atomic E-state index is -1.57. The zero-order valence-electron chi connectivity index (χ0n) is 71.9. The van der Waals surface area contributed by atoms with E-state index in [1.165, 1.54) is 208 Å². The monoisotopic (exact) mass is 1600 g/mol. The van der Waals surface area contributed by atoms with Crippen molar-refractivity contribution < 1.29 is 0 Å². The Hall–Kier alpha value is -10.3. The molecule has 4 nitrogen and oxygen atoms in total. The van der Waals surface area contributed by atoms with Crippen LogP contribution in [0, 0.1) is 55.4 Å². The molecule has 0 spiro atoms. The predicted octanol–water partition coefficient (Wildman–Crippen LogP) is 32.3. The first-order valence-electron chi connectivity index (χ1n) is 42.1. The van der Waals surface area contributed by atoms with Crippen LogP contribution in [0.2, 0.25) is 36.3 Å². The van der Waals surface area contributed by atoms with E-state index >= 15 is 0 Å². The maximum Gasteiger partial charge on any atom is 0.0859 e. The SMILES string of the molecule is CC[Si](CC)(CC)c1cc(C)c(N(c2ccccc2)c2ccc3ccc4c(N(c5ccccc5)c5c(C)cc(C(C)(C)C)cc5C)ccc5ccc2c3c54)c(C)c1.CC[Si](CC)(CC)c1cc(C)c(Nc2ccccc2)c(C)c1.Cc1cc(C(C)(C)C)cc(C)c1N(c1ccccc1)c1ccc2ccc3c(Br)ccc4ccc1c2c43. The molecular weight excluding hydrogens is 1490 g/mol. The van der Waals surface area contributed by atoms with Gasteiger partial charge in [0.1, 0.15) is 0 Å². The van der Waals surface area contributed by atoms with Crippen LogP contribution >= 0.6 is 15.9 Å². The molecule has 0 radical (unpaired) electrons. The molecule has 16 rings (SSSR count). The zero-order valence-corrected chi connectivity index (χ0v) is 75.5. The molecule has 0 saturated heterocycles. The van der Waals surface area contributed by atoms with Crippen LogP contribution in [0.5, 0.6) is 0 Å². The molecule has 7 heteroatoms. The quantitative estimate of drug-likeness (QED) is 0.0643. The maximum absolute atomic E-state index is 3.79. The van der Waals surface area contributed by atoms with Crippen LogP contribution in [0.25, 0.3) is 64.6 Å². The third-order valence-corrected chi connectivity index (χ3v) is 37.5. The fourth-order valence-electron chi connectivity index (χ4n) is 19.0. The molecule has 16 aromatic carbocycles. The standard InChI is InChI=1S/C54H58N2Si.C34H30BrN.C20H29NSi/c1-11-57(12-2,13-3)45-34-38(6)53(39(7)35-45)56(44-22-18-15-19-23-44)49-31-27-41-24-28-46-48(30-26-40-25-29-47(49)51(41)50(40)46)55(43-20-16-14-17-21-43)52-36(4)32-42(33-37(52)5)54(8,9)10;1-21-19-25(34(3,4)5)20-22(2)33(21)36(26-9-7-6-8-10-26)30-18-14-24-11-15-27-29(35)17-13-23-12-16-28(30)32(24)31(23)27;1-6-22(7-2,8-3)19-14-16(4)20(17(5)15-19)21-18-12-10-9-11-13-18/h14-35H,11-13H2,1-10H3;6-20H,1-5H3;9-15,21H,6-8H2,1-5H3. The summed E-state index contributed by atoms with van der Waals surface area (Å²) in [6.07, 6.45) is 0. The van der Waals surface area contributed by atoms with Gasteiger partial charge in [0, 0.05) is 49.1 Å². The lowest BCUT2D eigenvalue weighted by atomic mass is 9.84. The largest absolute Gasteiger partial charge is 0.355 e. The van der Waals surface area contributed by atoms with Crippen molar-refractivity contribution in [1.82, 2.24) is 0 Å². The molecule has 0 aliphatic carbocycles. The van der Waals surface area contributed by atoms with E-state index in [2.05, 4.69) is 441 Å². The van der Waals surface area contributed by atoms with E-state index in [-0.39, 0.29) is 10.8 Å². The molecule has 0 saturated carbocycles. The molecule has 0 unspecified atom stereocenters. The van der Waals surface area contributed by atoms with Gasteiger partial charge in [-0.2, -0.15) is 0 Å². The minimum absolute atomic E-state index is 0.0654. The maximum atomic E-state index is 3.79. The summed E-state index contributed by atoms with van der Waals surface area (Å²) >= 11 is 3.79. The highest BCUT2D eigenvalue weighted by Crippen LogP contribution is 2.52. The summed E-state index contributed by atoms with van der Waals surface area (Å²) < 4.78 is 1.14. The van der Waals surface area contributed by atoms with Gasteiger partial charge in [0.15, 0.2) is 0 Å². The molecule has 0 amide bonds. The summed E-state index contributed by atoms with van der Waals surface area (Å²) in [5.74, 6) is 0. The second-order valence-corrected chi connectivity index (χ2v) is 46.1. The molecule has 115 heavy (non-hydrogen) atoms. The van der Waals surface area contributed by atoms with Crippen LogP contribution in [-0.4, -0.2) is 16.1 Å².